The zero-order valence-electron chi connectivity index (χ0n) is 18.2. The number of hydrogen-bond donors (Lipinski definition) is 2. The Morgan fingerprint density at radius 3 is 2.80 bits per heavy atom. The molecule has 1 atom stereocenters. The molecule has 9 heteroatoms. The third-order valence-electron chi connectivity index (χ3n) is 4.43. The first-order chi connectivity index (χ1) is 14.2. The third-order valence-corrected chi connectivity index (χ3v) is 4.71. The third kappa shape index (κ3) is 9.45. The summed E-state index contributed by atoms with van der Waals surface area (Å²) in [6.45, 7) is 8.79. The van der Waals surface area contributed by atoms with E-state index in [1.807, 2.05) is 26.0 Å². The summed E-state index contributed by atoms with van der Waals surface area (Å²) >= 11 is 6.34. The van der Waals surface area contributed by atoms with Crippen LogP contribution in [0.2, 0.25) is 5.02 Å². The average Bonchev–Trinajstić information content (AvgIpc) is 3.23. The standard InChI is InChI=1S/C21H34ClN3O4.HI/c1-4-23-21(24-9-7-10-27-15-17-8-6-11-29-17)25-14-16-12-18(22)20(28-5-2)19(13-16)26-3;/h12-13,17H,4-11,14-15H2,1-3H3,(H2,23,24,25);1H. The maximum atomic E-state index is 6.34. The van der Waals surface area contributed by atoms with Crippen LogP contribution in [-0.2, 0) is 16.0 Å². The first kappa shape index (κ1) is 27.1. The smallest absolute Gasteiger partial charge is 0.191 e. The fourth-order valence-corrected chi connectivity index (χ4v) is 3.32. The zero-order chi connectivity index (χ0) is 20.9. The number of methoxy groups -OCH3 is 1. The van der Waals surface area contributed by atoms with Gasteiger partial charge in [-0.1, -0.05) is 11.6 Å². The topological polar surface area (TPSA) is 73.3 Å². The number of rotatable bonds is 12. The highest BCUT2D eigenvalue weighted by Gasteiger charge is 2.15. The lowest BCUT2D eigenvalue weighted by molar-refractivity contribution is 0.0168. The largest absolute Gasteiger partial charge is 0.493 e. The molecule has 7 nitrogen and oxygen atoms in total. The highest BCUT2D eigenvalue weighted by atomic mass is 127. The first-order valence-corrected chi connectivity index (χ1v) is 10.8. The normalized spacial score (nSPS) is 16.1. The van der Waals surface area contributed by atoms with Gasteiger partial charge in [-0.25, -0.2) is 4.99 Å². The molecule has 1 unspecified atom stereocenters. The molecule has 2 N–H and O–H groups in total. The maximum absolute atomic E-state index is 6.34. The molecule has 0 spiro atoms. The van der Waals surface area contributed by atoms with Crippen LogP contribution in [0.3, 0.4) is 0 Å². The summed E-state index contributed by atoms with van der Waals surface area (Å²) in [4.78, 5) is 4.64. The summed E-state index contributed by atoms with van der Waals surface area (Å²) in [5, 5.41) is 7.11. The van der Waals surface area contributed by atoms with Crippen molar-refractivity contribution in [3.8, 4) is 11.5 Å². The predicted molar refractivity (Wildman–Crippen MR) is 132 cm³/mol. The number of hydrogen-bond acceptors (Lipinski definition) is 5. The van der Waals surface area contributed by atoms with Crippen LogP contribution >= 0.6 is 35.6 Å². The van der Waals surface area contributed by atoms with Crippen LogP contribution in [0.25, 0.3) is 0 Å². The Kier molecular flexibility index (Phi) is 14.2. The van der Waals surface area contributed by atoms with Gasteiger partial charge in [0.2, 0.25) is 0 Å². The van der Waals surface area contributed by atoms with Crippen molar-refractivity contribution in [1.29, 1.82) is 0 Å². The van der Waals surface area contributed by atoms with Crippen molar-refractivity contribution in [3.63, 3.8) is 0 Å². The van der Waals surface area contributed by atoms with Gasteiger partial charge in [-0.3, -0.25) is 0 Å². The zero-order valence-corrected chi connectivity index (χ0v) is 21.3. The number of benzene rings is 1. The van der Waals surface area contributed by atoms with Crippen LogP contribution in [0.4, 0.5) is 0 Å². The van der Waals surface area contributed by atoms with Gasteiger partial charge in [0, 0.05) is 26.3 Å². The van der Waals surface area contributed by atoms with Crippen molar-refractivity contribution in [2.45, 2.75) is 45.8 Å². The molecule has 1 aliphatic heterocycles. The average molecular weight is 556 g/mol. The highest BCUT2D eigenvalue weighted by molar-refractivity contribution is 14.0. The van der Waals surface area contributed by atoms with E-state index < -0.39 is 0 Å². The Labute approximate surface area is 202 Å². The number of aliphatic imine (C=N–C) groups is 1. The SMILES string of the molecule is CCNC(=NCc1cc(Cl)c(OCC)c(OC)c1)NCCCOCC1CCCO1.I. The van der Waals surface area contributed by atoms with Crippen molar-refractivity contribution >= 4 is 41.5 Å². The monoisotopic (exact) mass is 555 g/mol. The number of nitrogens with one attached hydrogen (secondary N) is 2. The molecule has 1 saturated heterocycles. The van der Waals surface area contributed by atoms with Crippen molar-refractivity contribution in [1.82, 2.24) is 10.6 Å². The van der Waals surface area contributed by atoms with Crippen LogP contribution < -0.4 is 20.1 Å². The first-order valence-electron chi connectivity index (χ1n) is 10.4. The van der Waals surface area contributed by atoms with Crippen molar-refractivity contribution in [2.75, 3.05) is 46.6 Å². The van der Waals surface area contributed by atoms with Crippen molar-refractivity contribution < 1.29 is 18.9 Å². The fraction of sp³-hybridized carbons (Fsp3) is 0.667. The minimum atomic E-state index is 0. The highest BCUT2D eigenvalue weighted by Crippen LogP contribution is 2.36. The molecule has 1 fully saturated rings. The lowest BCUT2D eigenvalue weighted by Crippen LogP contribution is -2.38. The molecule has 1 heterocycles. The Balaban J connectivity index is 0.00000450. The van der Waals surface area contributed by atoms with E-state index in [1.54, 1.807) is 7.11 Å². The lowest BCUT2D eigenvalue weighted by atomic mass is 10.2. The molecule has 1 aromatic rings. The van der Waals surface area contributed by atoms with E-state index in [1.165, 1.54) is 0 Å². The van der Waals surface area contributed by atoms with Gasteiger partial charge in [-0.15, -0.1) is 24.0 Å². The van der Waals surface area contributed by atoms with E-state index in [-0.39, 0.29) is 30.1 Å². The second kappa shape index (κ2) is 15.8. The minimum Gasteiger partial charge on any atom is -0.493 e. The van der Waals surface area contributed by atoms with E-state index in [4.69, 9.17) is 30.5 Å². The van der Waals surface area contributed by atoms with Gasteiger partial charge in [0.05, 0.1) is 38.0 Å². The molecular formula is C21H35ClIN3O4. The molecule has 0 aliphatic carbocycles. The van der Waals surface area contributed by atoms with Crippen molar-refractivity contribution in [3.05, 3.63) is 22.7 Å². The molecule has 172 valence electrons. The number of ether oxygens (including phenoxy) is 4. The predicted octanol–water partition coefficient (Wildman–Crippen LogP) is 4.01. The molecular weight excluding hydrogens is 521 g/mol. The van der Waals surface area contributed by atoms with Gasteiger partial charge < -0.3 is 29.6 Å². The molecule has 0 aromatic heterocycles. The molecule has 30 heavy (non-hydrogen) atoms. The quantitative estimate of drug-likeness (QED) is 0.176. The molecule has 1 aliphatic rings. The molecule has 0 saturated carbocycles. The molecule has 0 radical (unpaired) electrons. The molecule has 2 rings (SSSR count). The van der Waals surface area contributed by atoms with Gasteiger partial charge in [0.25, 0.3) is 0 Å². The van der Waals surface area contributed by atoms with Crippen LogP contribution in [0.15, 0.2) is 17.1 Å². The van der Waals surface area contributed by atoms with E-state index in [2.05, 4.69) is 15.6 Å². The van der Waals surface area contributed by atoms with Crippen LogP contribution in [0.5, 0.6) is 11.5 Å². The van der Waals surface area contributed by atoms with Crippen LogP contribution in [0.1, 0.15) is 38.7 Å². The van der Waals surface area contributed by atoms with Crippen LogP contribution in [-0.4, -0.2) is 58.7 Å². The Morgan fingerprint density at radius 2 is 2.13 bits per heavy atom. The Bertz CT molecular complexity index is 643. The number of halogens is 2. The summed E-state index contributed by atoms with van der Waals surface area (Å²) in [6.07, 6.45) is 3.43. The maximum Gasteiger partial charge on any atom is 0.191 e. The summed E-state index contributed by atoms with van der Waals surface area (Å²) in [5.74, 6) is 1.94. The van der Waals surface area contributed by atoms with Gasteiger partial charge >= 0.3 is 0 Å². The second-order valence-corrected chi connectivity index (χ2v) is 7.13. The van der Waals surface area contributed by atoms with Gasteiger partial charge in [0.15, 0.2) is 17.5 Å². The van der Waals surface area contributed by atoms with Gasteiger partial charge in [-0.2, -0.15) is 0 Å². The second-order valence-electron chi connectivity index (χ2n) is 6.73. The molecule has 0 bridgehead atoms. The Hall–Kier alpha value is -0.970. The number of guanidine groups is 1. The summed E-state index contributed by atoms with van der Waals surface area (Å²) in [7, 11) is 1.60. The van der Waals surface area contributed by atoms with Gasteiger partial charge in [-0.05, 0) is 50.8 Å². The van der Waals surface area contributed by atoms with E-state index >= 15 is 0 Å². The van der Waals surface area contributed by atoms with E-state index in [0.29, 0.717) is 42.9 Å². The van der Waals surface area contributed by atoms with Gasteiger partial charge in [0.1, 0.15) is 0 Å². The minimum absolute atomic E-state index is 0. The summed E-state index contributed by atoms with van der Waals surface area (Å²) in [6, 6.07) is 3.77. The summed E-state index contributed by atoms with van der Waals surface area (Å²) < 4.78 is 22.2. The van der Waals surface area contributed by atoms with Crippen LogP contribution in [0, 0.1) is 0 Å². The fourth-order valence-electron chi connectivity index (χ4n) is 3.03. The molecule has 0 amide bonds. The molecule has 1 aromatic carbocycles. The van der Waals surface area contributed by atoms with Crippen molar-refractivity contribution in [2.24, 2.45) is 4.99 Å². The number of nitrogens with zero attached hydrogens (tertiary/aromatic N) is 1. The lowest BCUT2D eigenvalue weighted by Gasteiger charge is -2.14. The summed E-state index contributed by atoms with van der Waals surface area (Å²) in [5.41, 5.74) is 0.951. The Morgan fingerprint density at radius 1 is 1.30 bits per heavy atom. The van der Waals surface area contributed by atoms with E-state index in [9.17, 15) is 0 Å². The van der Waals surface area contributed by atoms with E-state index in [0.717, 1.165) is 50.5 Å².